The number of benzene rings is 1. The van der Waals surface area contributed by atoms with Crippen LogP contribution in [0.2, 0.25) is 5.02 Å². The molecule has 0 aliphatic rings. The normalized spacial score (nSPS) is 11.8. The summed E-state index contributed by atoms with van der Waals surface area (Å²) in [6.07, 6.45) is 0. The summed E-state index contributed by atoms with van der Waals surface area (Å²) in [4.78, 5) is 0. The van der Waals surface area contributed by atoms with Crippen LogP contribution in [0.3, 0.4) is 0 Å². The van der Waals surface area contributed by atoms with E-state index in [1.807, 2.05) is 0 Å². The Bertz CT molecular complexity index is 296. The van der Waals surface area contributed by atoms with Crippen molar-refractivity contribution >= 4 is 24.0 Å². The minimum absolute atomic E-state index is 0.755. The van der Waals surface area contributed by atoms with Gasteiger partial charge in [0.2, 0.25) is 0 Å². The molecule has 0 aliphatic heterocycles. The number of hydrogen-bond acceptors (Lipinski definition) is 0. The van der Waals surface area contributed by atoms with Crippen molar-refractivity contribution in [3.05, 3.63) is 29.0 Å². The molecule has 0 nitrogen and oxygen atoms in total. The molecule has 0 fully saturated rings. The maximum Gasteiger partial charge on any atom is 0.511 e. The Morgan fingerprint density at radius 3 is 2.17 bits per heavy atom. The third-order valence-electron chi connectivity index (χ3n) is 1.33. The van der Waals surface area contributed by atoms with Crippen molar-refractivity contribution in [2.45, 2.75) is 0 Å². The fourth-order valence-corrected chi connectivity index (χ4v) is 1.02. The summed E-state index contributed by atoms with van der Waals surface area (Å²) < 4.78 is 48.6. The molecule has 0 bridgehead atoms. The van der Waals surface area contributed by atoms with Crippen LogP contribution >= 0.6 is 11.6 Å². The first-order chi connectivity index (χ1) is 5.43. The first kappa shape index (κ1) is 9.38. The van der Waals surface area contributed by atoms with E-state index in [1.165, 1.54) is 0 Å². The molecule has 66 valence electrons. The zero-order valence-electron chi connectivity index (χ0n) is 5.70. The second kappa shape index (κ2) is 2.97. The van der Waals surface area contributed by atoms with Gasteiger partial charge < -0.3 is 12.9 Å². The SMILES string of the molecule is Fc1cccc([B-](F)(F)F)c1Cl. The molecule has 0 unspecified atom stereocenters. The molecule has 1 aromatic carbocycles. The van der Waals surface area contributed by atoms with Gasteiger partial charge in [0.25, 0.3) is 0 Å². The number of halogens is 5. The van der Waals surface area contributed by atoms with Crippen molar-refractivity contribution in [2.24, 2.45) is 0 Å². The molecule has 0 aromatic heterocycles. The molecule has 0 saturated carbocycles. The molecule has 0 radical (unpaired) electrons. The maximum atomic E-state index is 12.5. The maximum absolute atomic E-state index is 12.5. The summed E-state index contributed by atoms with van der Waals surface area (Å²) >= 11 is 5.10. The van der Waals surface area contributed by atoms with Crippen LogP contribution < -0.4 is 5.46 Å². The Hall–Kier alpha value is -0.705. The molecule has 0 N–H and O–H groups in total. The van der Waals surface area contributed by atoms with Crippen molar-refractivity contribution in [1.29, 1.82) is 0 Å². The van der Waals surface area contributed by atoms with Crippen LogP contribution in [0.15, 0.2) is 18.2 Å². The molecule has 0 atom stereocenters. The van der Waals surface area contributed by atoms with Crippen LogP contribution in [0.5, 0.6) is 0 Å². The van der Waals surface area contributed by atoms with Gasteiger partial charge in [-0.15, -0.1) is 0 Å². The Kier molecular flexibility index (Phi) is 2.33. The second-order valence-electron chi connectivity index (χ2n) is 2.22. The monoisotopic (exact) mass is 197 g/mol. The van der Waals surface area contributed by atoms with Crippen molar-refractivity contribution in [1.82, 2.24) is 0 Å². The highest BCUT2D eigenvalue weighted by atomic mass is 35.5. The van der Waals surface area contributed by atoms with E-state index in [-0.39, 0.29) is 0 Å². The van der Waals surface area contributed by atoms with E-state index in [0.717, 1.165) is 18.2 Å². The van der Waals surface area contributed by atoms with Gasteiger partial charge in [0.15, 0.2) is 0 Å². The largest absolute Gasteiger partial charge is 0.511 e. The Labute approximate surface area is 71.2 Å². The molecule has 6 heteroatoms. The fourth-order valence-electron chi connectivity index (χ4n) is 0.773. The molecule has 12 heavy (non-hydrogen) atoms. The van der Waals surface area contributed by atoms with E-state index in [2.05, 4.69) is 0 Å². The van der Waals surface area contributed by atoms with Crippen molar-refractivity contribution in [2.75, 3.05) is 0 Å². The summed E-state index contributed by atoms with van der Waals surface area (Å²) in [5.41, 5.74) is -1.09. The van der Waals surface area contributed by atoms with Crippen LogP contribution in [0.25, 0.3) is 0 Å². The fraction of sp³-hybridized carbons (Fsp3) is 0. The molecule has 0 amide bonds. The van der Waals surface area contributed by atoms with Crippen LogP contribution in [0, 0.1) is 5.82 Å². The van der Waals surface area contributed by atoms with Crippen molar-refractivity contribution in [3.8, 4) is 0 Å². The van der Waals surface area contributed by atoms with Crippen LogP contribution in [0.1, 0.15) is 0 Å². The lowest BCUT2D eigenvalue weighted by Crippen LogP contribution is -2.35. The Morgan fingerprint density at radius 2 is 1.75 bits per heavy atom. The highest BCUT2D eigenvalue weighted by Gasteiger charge is 2.28. The van der Waals surface area contributed by atoms with Gasteiger partial charge in [-0.3, -0.25) is 0 Å². The standard InChI is InChI=1S/C6H3BClF4/c8-6-4(7(10,11)12)2-1-3-5(6)9/h1-3H/q-1. The average Bonchev–Trinajstić information content (AvgIpc) is 1.92. The van der Waals surface area contributed by atoms with Crippen LogP contribution in [-0.4, -0.2) is 6.98 Å². The average molecular weight is 197 g/mol. The van der Waals surface area contributed by atoms with E-state index in [1.54, 1.807) is 0 Å². The van der Waals surface area contributed by atoms with Crippen LogP contribution in [-0.2, 0) is 0 Å². The number of rotatable bonds is 1. The van der Waals surface area contributed by atoms with Gasteiger partial charge in [0.05, 0.1) is 0 Å². The van der Waals surface area contributed by atoms with E-state index < -0.39 is 23.3 Å². The van der Waals surface area contributed by atoms with Gasteiger partial charge in [0.1, 0.15) is 5.82 Å². The minimum atomic E-state index is -5.22. The molecule has 0 heterocycles. The van der Waals surface area contributed by atoms with E-state index in [9.17, 15) is 17.3 Å². The molecular weight excluding hydrogens is 194 g/mol. The summed E-state index contributed by atoms with van der Waals surface area (Å²) in [6.45, 7) is -5.22. The van der Waals surface area contributed by atoms with Crippen molar-refractivity contribution in [3.63, 3.8) is 0 Å². The predicted octanol–water partition coefficient (Wildman–Crippen LogP) is 2.53. The summed E-state index contributed by atoms with van der Waals surface area (Å²) in [5.74, 6) is -1.05. The first-order valence-corrected chi connectivity index (χ1v) is 3.44. The van der Waals surface area contributed by atoms with Crippen molar-refractivity contribution < 1.29 is 17.3 Å². The van der Waals surface area contributed by atoms with Gasteiger partial charge in [-0.05, 0) is 6.07 Å². The topological polar surface area (TPSA) is 0 Å². The third kappa shape index (κ3) is 1.72. The lowest BCUT2D eigenvalue weighted by molar-refractivity contribution is 0.500. The molecule has 1 rings (SSSR count). The molecule has 0 aliphatic carbocycles. The zero-order chi connectivity index (χ0) is 9.35. The quantitative estimate of drug-likeness (QED) is 0.479. The summed E-state index contributed by atoms with van der Waals surface area (Å²) in [6, 6.07) is 2.62. The zero-order valence-corrected chi connectivity index (χ0v) is 6.46. The van der Waals surface area contributed by atoms with Gasteiger partial charge in [-0.1, -0.05) is 29.2 Å². The van der Waals surface area contributed by atoms with E-state index in [0.29, 0.717) is 0 Å². The molecule has 0 spiro atoms. The van der Waals surface area contributed by atoms with Gasteiger partial charge >= 0.3 is 6.98 Å². The molecular formula is C6H3BClF4-. The van der Waals surface area contributed by atoms with Gasteiger partial charge in [-0.25, -0.2) is 4.39 Å². The molecule has 0 saturated heterocycles. The minimum Gasteiger partial charge on any atom is -0.445 e. The van der Waals surface area contributed by atoms with E-state index in [4.69, 9.17) is 11.6 Å². The second-order valence-corrected chi connectivity index (χ2v) is 2.60. The first-order valence-electron chi connectivity index (χ1n) is 3.07. The Morgan fingerprint density at radius 1 is 1.17 bits per heavy atom. The summed E-state index contributed by atoms with van der Waals surface area (Å²) in [5, 5.41) is -0.856. The highest BCUT2D eigenvalue weighted by Crippen LogP contribution is 2.18. The number of hydrogen-bond donors (Lipinski definition) is 0. The van der Waals surface area contributed by atoms with E-state index >= 15 is 0 Å². The Balaban J connectivity index is 3.26. The predicted molar refractivity (Wildman–Crippen MR) is 40.1 cm³/mol. The lowest BCUT2D eigenvalue weighted by atomic mass is 9.80. The smallest absolute Gasteiger partial charge is 0.445 e. The third-order valence-corrected chi connectivity index (χ3v) is 1.73. The van der Waals surface area contributed by atoms with Gasteiger partial charge in [-0.2, -0.15) is 0 Å². The van der Waals surface area contributed by atoms with Gasteiger partial charge in [0, 0.05) is 5.02 Å². The lowest BCUT2D eigenvalue weighted by Gasteiger charge is -2.16. The summed E-state index contributed by atoms with van der Waals surface area (Å²) in [7, 11) is 0. The molecule has 1 aromatic rings. The highest BCUT2D eigenvalue weighted by molar-refractivity contribution is 6.75. The van der Waals surface area contributed by atoms with Crippen LogP contribution in [0.4, 0.5) is 17.3 Å².